The summed E-state index contributed by atoms with van der Waals surface area (Å²) < 4.78 is 5.49. The number of amides is 1. The molecule has 1 saturated heterocycles. The van der Waals surface area contributed by atoms with E-state index in [1.165, 1.54) is 0 Å². The molecule has 1 aliphatic heterocycles. The summed E-state index contributed by atoms with van der Waals surface area (Å²) in [7, 11) is 0. The molecule has 0 aliphatic carbocycles. The van der Waals surface area contributed by atoms with Crippen LogP contribution in [0.1, 0.15) is 18.4 Å². The van der Waals surface area contributed by atoms with Gasteiger partial charge in [0.1, 0.15) is 0 Å². The highest BCUT2D eigenvalue weighted by atomic mass is 16.5. The number of β-amino-alcohol motifs (C(OH)–C–C–N with tert-alkyl or cyclic N) is 1. The van der Waals surface area contributed by atoms with Gasteiger partial charge in [0.2, 0.25) is 5.91 Å². The highest BCUT2D eigenvalue weighted by molar-refractivity contribution is 5.80. The van der Waals surface area contributed by atoms with Crippen LogP contribution in [0, 0.1) is 0 Å². The molecule has 2 rings (SSSR count). The first-order valence-corrected chi connectivity index (χ1v) is 7.00. The van der Waals surface area contributed by atoms with E-state index < -0.39 is 6.10 Å². The van der Waals surface area contributed by atoms with Crippen LogP contribution in [0.2, 0.25) is 0 Å². The van der Waals surface area contributed by atoms with Gasteiger partial charge in [-0.1, -0.05) is 30.3 Å². The molecule has 3 N–H and O–H groups in total. The van der Waals surface area contributed by atoms with E-state index in [4.69, 9.17) is 10.5 Å². The van der Waals surface area contributed by atoms with Crippen LogP contribution < -0.4 is 5.73 Å². The van der Waals surface area contributed by atoms with Gasteiger partial charge < -0.3 is 15.6 Å². The molecule has 2 atom stereocenters. The second-order valence-electron chi connectivity index (χ2n) is 5.21. The first-order chi connectivity index (χ1) is 9.66. The number of nitrogens with two attached hydrogens (primary N) is 1. The molecule has 110 valence electrons. The second-order valence-corrected chi connectivity index (χ2v) is 5.21. The summed E-state index contributed by atoms with van der Waals surface area (Å²) in [6.07, 6.45) is 1.14. The lowest BCUT2D eigenvalue weighted by Crippen LogP contribution is -2.44. The van der Waals surface area contributed by atoms with Gasteiger partial charge in [0, 0.05) is 6.54 Å². The fraction of sp³-hybridized carbons (Fsp3) is 0.533. The predicted molar refractivity (Wildman–Crippen MR) is 75.9 cm³/mol. The molecular weight excluding hydrogens is 256 g/mol. The predicted octanol–water partition coefficient (Wildman–Crippen LogP) is 0.514. The van der Waals surface area contributed by atoms with E-state index in [2.05, 4.69) is 0 Å². The van der Waals surface area contributed by atoms with Crippen molar-refractivity contribution < 1.29 is 14.6 Å². The Hall–Kier alpha value is -1.43. The molecule has 2 unspecified atom stereocenters. The number of aliphatic hydroxyl groups is 1. The third-order valence-corrected chi connectivity index (χ3v) is 3.56. The summed E-state index contributed by atoms with van der Waals surface area (Å²) in [4.78, 5) is 13.2. The largest absolute Gasteiger partial charge is 0.389 e. The summed E-state index contributed by atoms with van der Waals surface area (Å²) in [6.45, 7) is 1.99. The number of primary amides is 1. The van der Waals surface area contributed by atoms with E-state index in [9.17, 15) is 9.90 Å². The quantitative estimate of drug-likeness (QED) is 0.762. The van der Waals surface area contributed by atoms with Crippen molar-refractivity contribution in [2.45, 2.75) is 31.6 Å². The highest BCUT2D eigenvalue weighted by Crippen LogP contribution is 2.17. The molecule has 1 fully saturated rings. The maximum atomic E-state index is 11.3. The van der Waals surface area contributed by atoms with Crippen molar-refractivity contribution in [1.29, 1.82) is 0 Å². The Labute approximate surface area is 119 Å². The molecule has 5 nitrogen and oxygen atoms in total. The van der Waals surface area contributed by atoms with Crippen molar-refractivity contribution in [2.75, 3.05) is 19.7 Å². The van der Waals surface area contributed by atoms with E-state index >= 15 is 0 Å². The fourth-order valence-corrected chi connectivity index (χ4v) is 2.58. The van der Waals surface area contributed by atoms with Gasteiger partial charge in [-0.25, -0.2) is 0 Å². The molecule has 20 heavy (non-hydrogen) atoms. The molecule has 1 amide bonds. The first kappa shape index (κ1) is 15.0. The molecule has 0 bridgehead atoms. The molecule has 1 heterocycles. The normalized spacial score (nSPS) is 20.9. The Morgan fingerprint density at radius 3 is 2.90 bits per heavy atom. The van der Waals surface area contributed by atoms with Crippen LogP contribution in [0.25, 0.3) is 0 Å². The third-order valence-electron chi connectivity index (χ3n) is 3.56. The van der Waals surface area contributed by atoms with Gasteiger partial charge in [-0.3, -0.25) is 9.69 Å². The molecule has 1 aliphatic rings. The number of hydrogen-bond donors (Lipinski definition) is 2. The van der Waals surface area contributed by atoms with E-state index in [1.54, 1.807) is 0 Å². The van der Waals surface area contributed by atoms with E-state index in [-0.39, 0.29) is 18.6 Å². The van der Waals surface area contributed by atoms with Gasteiger partial charge >= 0.3 is 0 Å². The first-order valence-electron chi connectivity index (χ1n) is 7.00. The maximum absolute atomic E-state index is 11.3. The maximum Gasteiger partial charge on any atom is 0.234 e. The number of benzene rings is 1. The topological polar surface area (TPSA) is 75.8 Å². The molecule has 0 saturated carbocycles. The minimum absolute atomic E-state index is 0.237. The number of nitrogens with zero attached hydrogens (tertiary/aromatic N) is 1. The Bertz CT molecular complexity index is 424. The molecule has 0 radical (unpaired) electrons. The number of rotatable bonds is 7. The number of ether oxygens (including phenoxy) is 1. The zero-order valence-corrected chi connectivity index (χ0v) is 11.6. The highest BCUT2D eigenvalue weighted by Gasteiger charge is 2.30. The van der Waals surface area contributed by atoms with Crippen molar-refractivity contribution in [3.05, 3.63) is 35.9 Å². The van der Waals surface area contributed by atoms with Crippen LogP contribution >= 0.6 is 0 Å². The lowest BCUT2D eigenvalue weighted by Gasteiger charge is -2.24. The number of likely N-dealkylation sites (tertiary alicyclic amines) is 1. The van der Waals surface area contributed by atoms with Gasteiger partial charge in [-0.2, -0.15) is 0 Å². The molecular formula is C15H22N2O3. The van der Waals surface area contributed by atoms with Crippen LogP contribution in [-0.4, -0.2) is 47.8 Å². The van der Waals surface area contributed by atoms with Crippen molar-refractivity contribution in [3.63, 3.8) is 0 Å². The Balaban J connectivity index is 1.70. The fourth-order valence-electron chi connectivity index (χ4n) is 2.58. The second kappa shape index (κ2) is 7.38. The van der Waals surface area contributed by atoms with Crippen molar-refractivity contribution in [2.24, 2.45) is 5.73 Å². The summed E-state index contributed by atoms with van der Waals surface area (Å²) in [5, 5.41) is 9.97. The lowest BCUT2D eigenvalue weighted by molar-refractivity contribution is -0.122. The van der Waals surface area contributed by atoms with E-state index in [0.29, 0.717) is 13.2 Å². The Morgan fingerprint density at radius 2 is 2.20 bits per heavy atom. The zero-order chi connectivity index (χ0) is 14.4. The van der Waals surface area contributed by atoms with Gasteiger partial charge in [-0.05, 0) is 24.9 Å². The Kier molecular flexibility index (Phi) is 5.52. The lowest BCUT2D eigenvalue weighted by atomic mass is 10.2. The zero-order valence-electron chi connectivity index (χ0n) is 11.6. The van der Waals surface area contributed by atoms with Crippen LogP contribution in [0.4, 0.5) is 0 Å². The SMILES string of the molecule is NC(=O)C1CCCN1CC(O)COCc1ccccc1. The third kappa shape index (κ3) is 4.30. The monoisotopic (exact) mass is 278 g/mol. The molecule has 1 aromatic rings. The molecule has 1 aromatic carbocycles. The number of aliphatic hydroxyl groups excluding tert-OH is 1. The van der Waals surface area contributed by atoms with Gasteiger partial charge in [0.25, 0.3) is 0 Å². The van der Waals surface area contributed by atoms with E-state index in [0.717, 1.165) is 24.9 Å². The van der Waals surface area contributed by atoms with Crippen LogP contribution in [0.15, 0.2) is 30.3 Å². The van der Waals surface area contributed by atoms with Crippen LogP contribution in [0.5, 0.6) is 0 Å². The average Bonchev–Trinajstić information content (AvgIpc) is 2.88. The summed E-state index contributed by atoms with van der Waals surface area (Å²) in [5.41, 5.74) is 6.43. The van der Waals surface area contributed by atoms with Crippen molar-refractivity contribution in [3.8, 4) is 0 Å². The number of carbonyl (C=O) groups excluding carboxylic acids is 1. The number of hydrogen-bond acceptors (Lipinski definition) is 4. The molecule has 0 spiro atoms. The standard InChI is InChI=1S/C15H22N2O3/c16-15(19)14-7-4-8-17(14)9-13(18)11-20-10-12-5-2-1-3-6-12/h1-3,5-6,13-14,18H,4,7-11H2,(H2,16,19). The van der Waals surface area contributed by atoms with Gasteiger partial charge in [0.05, 0.1) is 25.4 Å². The molecule has 0 aromatic heterocycles. The minimum Gasteiger partial charge on any atom is -0.389 e. The average molecular weight is 278 g/mol. The number of carbonyl (C=O) groups is 1. The molecule has 5 heteroatoms. The summed E-state index contributed by atoms with van der Waals surface area (Å²) >= 11 is 0. The minimum atomic E-state index is -0.598. The van der Waals surface area contributed by atoms with Crippen LogP contribution in [0.3, 0.4) is 0 Å². The van der Waals surface area contributed by atoms with Crippen molar-refractivity contribution >= 4 is 5.91 Å². The van der Waals surface area contributed by atoms with Gasteiger partial charge in [-0.15, -0.1) is 0 Å². The van der Waals surface area contributed by atoms with Crippen LogP contribution in [-0.2, 0) is 16.1 Å². The Morgan fingerprint density at radius 1 is 1.45 bits per heavy atom. The van der Waals surface area contributed by atoms with E-state index in [1.807, 2.05) is 35.2 Å². The summed E-state index contributed by atoms with van der Waals surface area (Å²) in [6, 6.07) is 9.59. The summed E-state index contributed by atoms with van der Waals surface area (Å²) in [5.74, 6) is -0.306. The van der Waals surface area contributed by atoms with Crippen molar-refractivity contribution in [1.82, 2.24) is 4.90 Å². The smallest absolute Gasteiger partial charge is 0.234 e. The van der Waals surface area contributed by atoms with Gasteiger partial charge in [0.15, 0.2) is 0 Å².